The summed E-state index contributed by atoms with van der Waals surface area (Å²) in [6, 6.07) is 14.2. The Morgan fingerprint density at radius 2 is 2.04 bits per heavy atom. The smallest absolute Gasteiger partial charge is 0.263 e. The van der Waals surface area contributed by atoms with Crippen molar-refractivity contribution in [2.45, 2.75) is 25.7 Å². The summed E-state index contributed by atoms with van der Waals surface area (Å²) in [5.74, 6) is 0.109. The van der Waals surface area contributed by atoms with Gasteiger partial charge in [-0.1, -0.05) is 36.4 Å². The minimum atomic E-state index is -0.166. The Morgan fingerprint density at radius 3 is 2.74 bits per heavy atom. The van der Waals surface area contributed by atoms with Crippen molar-refractivity contribution < 1.29 is 9.90 Å². The van der Waals surface area contributed by atoms with E-state index < -0.39 is 0 Å². The predicted molar refractivity (Wildman–Crippen MR) is 93.7 cm³/mol. The molecule has 1 N–H and O–H groups in total. The van der Waals surface area contributed by atoms with Gasteiger partial charge in [-0.25, -0.2) is 0 Å². The summed E-state index contributed by atoms with van der Waals surface area (Å²) in [7, 11) is 0. The minimum Gasteiger partial charge on any atom is -0.396 e. The molecule has 1 saturated heterocycles. The van der Waals surface area contributed by atoms with Crippen molar-refractivity contribution >= 4 is 17.2 Å². The maximum atomic E-state index is 12.6. The van der Waals surface area contributed by atoms with Gasteiger partial charge < -0.3 is 10.0 Å². The number of aliphatic hydroxyl groups is 1. The summed E-state index contributed by atoms with van der Waals surface area (Å²) in [5.41, 5.74) is 1.13. The number of carbonyl (C=O) groups excluding carboxylic acids is 1. The summed E-state index contributed by atoms with van der Waals surface area (Å²) in [6.07, 6.45) is 3.82. The molecule has 1 aromatic heterocycles. The lowest BCUT2D eigenvalue weighted by molar-refractivity contribution is 0.0231. The van der Waals surface area contributed by atoms with Gasteiger partial charge in [0.25, 0.3) is 5.91 Å². The maximum Gasteiger partial charge on any atom is 0.263 e. The van der Waals surface area contributed by atoms with Crippen molar-refractivity contribution in [2.24, 2.45) is 5.41 Å². The molecule has 1 atom stereocenters. The number of nitrogens with zero attached hydrogens (tertiary/aromatic N) is 1. The fourth-order valence-electron chi connectivity index (χ4n) is 3.40. The predicted octanol–water partition coefficient (Wildman–Crippen LogP) is 3.60. The first kappa shape index (κ1) is 16.2. The molecule has 0 spiro atoms. The molecule has 1 amide bonds. The van der Waals surface area contributed by atoms with Crippen molar-refractivity contribution in [3.63, 3.8) is 0 Å². The highest BCUT2D eigenvalue weighted by Gasteiger charge is 2.36. The average molecular weight is 329 g/mol. The van der Waals surface area contributed by atoms with Crippen LogP contribution >= 0.6 is 11.3 Å². The van der Waals surface area contributed by atoms with Crippen LogP contribution in [-0.4, -0.2) is 35.6 Å². The van der Waals surface area contributed by atoms with Gasteiger partial charge in [0.15, 0.2) is 0 Å². The van der Waals surface area contributed by atoms with Gasteiger partial charge in [0.2, 0.25) is 0 Å². The highest BCUT2D eigenvalue weighted by atomic mass is 32.1. The van der Waals surface area contributed by atoms with Crippen LogP contribution in [0.1, 0.15) is 34.5 Å². The molecule has 122 valence electrons. The third-order valence-electron chi connectivity index (χ3n) is 4.80. The first-order valence-corrected chi connectivity index (χ1v) is 9.08. The third kappa shape index (κ3) is 3.82. The summed E-state index contributed by atoms with van der Waals surface area (Å²) in [4.78, 5) is 15.3. The van der Waals surface area contributed by atoms with Crippen molar-refractivity contribution in [3.05, 3.63) is 58.3 Å². The van der Waals surface area contributed by atoms with Gasteiger partial charge in [0.1, 0.15) is 0 Å². The zero-order valence-electron chi connectivity index (χ0n) is 13.3. The van der Waals surface area contributed by atoms with Crippen LogP contribution in [-0.2, 0) is 6.42 Å². The zero-order chi connectivity index (χ0) is 16.1. The Hall–Kier alpha value is -1.65. The normalized spacial score (nSPS) is 21.3. The second kappa shape index (κ2) is 7.28. The van der Waals surface area contributed by atoms with Crippen molar-refractivity contribution in [2.75, 3.05) is 19.7 Å². The van der Waals surface area contributed by atoms with Crippen molar-refractivity contribution in [3.8, 4) is 0 Å². The van der Waals surface area contributed by atoms with E-state index in [0.717, 1.165) is 37.1 Å². The number of rotatable bonds is 5. The van der Waals surface area contributed by atoms with E-state index in [1.165, 1.54) is 16.9 Å². The van der Waals surface area contributed by atoms with Crippen LogP contribution in [0.4, 0.5) is 0 Å². The molecular formula is C19H23NO2S. The number of aryl methyl sites for hydroxylation is 1. The molecule has 3 rings (SSSR count). The molecule has 1 aromatic carbocycles. The van der Waals surface area contributed by atoms with Crippen LogP contribution < -0.4 is 0 Å². The molecule has 0 saturated carbocycles. The Bertz CT molecular complexity index is 626. The van der Waals surface area contributed by atoms with E-state index in [1.54, 1.807) is 0 Å². The molecule has 0 radical (unpaired) electrons. The van der Waals surface area contributed by atoms with Gasteiger partial charge >= 0.3 is 0 Å². The van der Waals surface area contributed by atoms with Crippen molar-refractivity contribution in [1.29, 1.82) is 0 Å². The van der Waals surface area contributed by atoms with E-state index >= 15 is 0 Å². The standard InChI is InChI=1S/C19H23NO2S/c21-15-19(11-9-16-6-2-1-3-7-16)10-5-12-20(14-19)18(22)17-8-4-13-23-17/h1-4,6-8,13,21H,5,9-12,14-15H2/t19-/m0/s1. The number of hydrogen-bond donors (Lipinski definition) is 1. The van der Waals surface area contributed by atoms with Crippen LogP contribution in [0.15, 0.2) is 47.8 Å². The summed E-state index contributed by atoms with van der Waals surface area (Å²) in [5, 5.41) is 12.0. The highest BCUT2D eigenvalue weighted by Crippen LogP contribution is 2.35. The van der Waals surface area contributed by atoms with E-state index in [2.05, 4.69) is 24.3 Å². The van der Waals surface area contributed by atoms with Gasteiger partial charge in [-0.05, 0) is 42.7 Å². The fraction of sp³-hybridized carbons (Fsp3) is 0.421. The molecule has 3 nitrogen and oxygen atoms in total. The lowest BCUT2D eigenvalue weighted by atomic mass is 9.76. The van der Waals surface area contributed by atoms with Crippen LogP contribution in [0.2, 0.25) is 0 Å². The van der Waals surface area contributed by atoms with Gasteiger partial charge in [0.05, 0.1) is 11.5 Å². The Labute approximate surface area is 141 Å². The molecule has 2 aromatic rings. The van der Waals surface area contributed by atoms with Gasteiger partial charge in [-0.2, -0.15) is 0 Å². The average Bonchev–Trinajstić information content (AvgIpc) is 3.15. The summed E-state index contributed by atoms with van der Waals surface area (Å²) >= 11 is 1.49. The molecular weight excluding hydrogens is 306 g/mol. The summed E-state index contributed by atoms with van der Waals surface area (Å²) in [6.45, 7) is 1.60. The summed E-state index contributed by atoms with van der Waals surface area (Å²) < 4.78 is 0. The number of likely N-dealkylation sites (tertiary alicyclic amines) is 1. The third-order valence-corrected chi connectivity index (χ3v) is 5.66. The Morgan fingerprint density at radius 1 is 1.22 bits per heavy atom. The number of piperidine rings is 1. The molecule has 0 aliphatic carbocycles. The maximum absolute atomic E-state index is 12.6. The quantitative estimate of drug-likeness (QED) is 0.910. The van der Waals surface area contributed by atoms with Crippen LogP contribution in [0.25, 0.3) is 0 Å². The molecule has 1 fully saturated rings. The number of hydrogen-bond acceptors (Lipinski definition) is 3. The number of carbonyl (C=O) groups is 1. The van der Waals surface area contributed by atoms with E-state index in [1.807, 2.05) is 28.5 Å². The zero-order valence-corrected chi connectivity index (χ0v) is 14.1. The fourth-order valence-corrected chi connectivity index (χ4v) is 4.09. The van der Waals surface area contributed by atoms with Gasteiger partial charge in [0, 0.05) is 18.5 Å². The minimum absolute atomic E-state index is 0.109. The van der Waals surface area contributed by atoms with E-state index in [4.69, 9.17) is 0 Å². The van der Waals surface area contributed by atoms with Crippen LogP contribution in [0, 0.1) is 5.41 Å². The largest absolute Gasteiger partial charge is 0.396 e. The van der Waals surface area contributed by atoms with Crippen molar-refractivity contribution in [1.82, 2.24) is 4.90 Å². The molecule has 0 unspecified atom stereocenters. The van der Waals surface area contributed by atoms with Gasteiger partial charge in [-0.3, -0.25) is 4.79 Å². The van der Waals surface area contributed by atoms with E-state index in [0.29, 0.717) is 6.54 Å². The highest BCUT2D eigenvalue weighted by molar-refractivity contribution is 7.12. The topological polar surface area (TPSA) is 40.5 Å². The first-order chi connectivity index (χ1) is 11.2. The number of amides is 1. The van der Waals surface area contributed by atoms with Gasteiger partial charge in [-0.15, -0.1) is 11.3 Å². The molecule has 0 bridgehead atoms. The molecule has 23 heavy (non-hydrogen) atoms. The molecule has 1 aliphatic rings. The molecule has 2 heterocycles. The number of benzene rings is 1. The van der Waals surface area contributed by atoms with Crippen LogP contribution in [0.5, 0.6) is 0 Å². The van der Waals surface area contributed by atoms with Crippen LogP contribution in [0.3, 0.4) is 0 Å². The monoisotopic (exact) mass is 329 g/mol. The second-order valence-corrected chi connectivity index (χ2v) is 7.40. The second-order valence-electron chi connectivity index (χ2n) is 6.45. The molecule has 1 aliphatic heterocycles. The number of thiophene rings is 1. The lowest BCUT2D eigenvalue weighted by Gasteiger charge is -2.42. The first-order valence-electron chi connectivity index (χ1n) is 8.20. The molecule has 4 heteroatoms. The Kier molecular flexibility index (Phi) is 5.13. The van der Waals surface area contributed by atoms with E-state index in [9.17, 15) is 9.90 Å². The SMILES string of the molecule is O=C(c1cccs1)N1CCC[C@](CO)(CCc2ccccc2)C1. The lowest BCUT2D eigenvalue weighted by Crippen LogP contribution is -2.48. The van der Waals surface area contributed by atoms with E-state index in [-0.39, 0.29) is 17.9 Å². The Balaban J connectivity index is 1.67. The number of aliphatic hydroxyl groups excluding tert-OH is 1.